The number of hydrogen-bond acceptors (Lipinski definition) is 6. The number of para-hydroxylation sites is 1. The van der Waals surface area contributed by atoms with E-state index in [-0.39, 0.29) is 0 Å². The van der Waals surface area contributed by atoms with Gasteiger partial charge in [0.05, 0.1) is 0 Å². The molecule has 6 heteroatoms. The second-order valence-corrected chi connectivity index (χ2v) is 12.1. The molecule has 3 aromatic heterocycles. The standard InChI is InChI=1S/C42H26N4O2/c1-2-10-25(11-3-1)29-23-33(38-32-16-9-21-43-42(32)48-36(38)24-29)41-45-39(28-20-19-26-12-4-5-13-27(26)22-28)44-40(46-41)31-15-8-18-35-37(31)30-14-6-7-17-34(30)47-35/h1-24,39H,(H,44,45,46). The predicted octanol–water partition coefficient (Wildman–Crippen LogP) is 10.2. The third-order valence-corrected chi connectivity index (χ3v) is 9.19. The zero-order valence-electron chi connectivity index (χ0n) is 25.6. The molecule has 0 aliphatic carbocycles. The summed E-state index contributed by atoms with van der Waals surface area (Å²) in [5.74, 6) is 1.33. The van der Waals surface area contributed by atoms with Crippen molar-refractivity contribution in [2.45, 2.75) is 6.17 Å². The third-order valence-electron chi connectivity index (χ3n) is 9.19. The molecule has 0 amide bonds. The van der Waals surface area contributed by atoms with Crippen LogP contribution in [0.2, 0.25) is 0 Å². The second kappa shape index (κ2) is 10.5. The van der Waals surface area contributed by atoms with Gasteiger partial charge in [-0.05, 0) is 69.9 Å². The molecule has 6 nitrogen and oxygen atoms in total. The van der Waals surface area contributed by atoms with Gasteiger partial charge in [0.1, 0.15) is 28.8 Å². The van der Waals surface area contributed by atoms with Crippen LogP contribution >= 0.6 is 0 Å². The Morgan fingerprint density at radius 2 is 1.33 bits per heavy atom. The van der Waals surface area contributed by atoms with Gasteiger partial charge in [-0.2, -0.15) is 0 Å². The minimum Gasteiger partial charge on any atom is -0.456 e. The number of fused-ring (bicyclic) bond motifs is 7. The fourth-order valence-corrected chi connectivity index (χ4v) is 6.94. The minimum atomic E-state index is -0.405. The summed E-state index contributed by atoms with van der Waals surface area (Å²) in [7, 11) is 0. The average Bonchev–Trinajstić information content (AvgIpc) is 3.73. The Labute approximate surface area is 274 Å². The number of nitrogens with one attached hydrogen (secondary N) is 1. The average molecular weight is 619 g/mol. The SMILES string of the molecule is c1ccc(-c2cc(C3=NC(c4ccc5ccccc5c4)NC(c4cccc5oc6ccccc6c45)=N3)c3c(c2)oc2ncccc23)cc1. The molecule has 48 heavy (non-hydrogen) atoms. The molecule has 0 saturated carbocycles. The summed E-state index contributed by atoms with van der Waals surface area (Å²) >= 11 is 0. The molecule has 0 saturated heterocycles. The van der Waals surface area contributed by atoms with Gasteiger partial charge < -0.3 is 14.2 Å². The summed E-state index contributed by atoms with van der Waals surface area (Å²) in [6, 6.07) is 47.7. The van der Waals surface area contributed by atoms with E-state index in [1.807, 2.05) is 60.7 Å². The third kappa shape index (κ3) is 4.23. The number of amidine groups is 2. The lowest BCUT2D eigenvalue weighted by atomic mass is 9.97. The monoisotopic (exact) mass is 618 g/mol. The fourth-order valence-electron chi connectivity index (χ4n) is 6.94. The number of aliphatic imine (C=N–C) groups is 2. The first-order chi connectivity index (χ1) is 23.8. The van der Waals surface area contributed by atoms with Crippen molar-refractivity contribution in [2.24, 2.45) is 9.98 Å². The molecular weight excluding hydrogens is 592 g/mol. The first-order valence-electron chi connectivity index (χ1n) is 16.0. The first-order valence-corrected chi connectivity index (χ1v) is 16.0. The van der Waals surface area contributed by atoms with Crippen LogP contribution in [-0.4, -0.2) is 16.7 Å². The molecule has 4 heterocycles. The van der Waals surface area contributed by atoms with Crippen LogP contribution in [0.4, 0.5) is 0 Å². The topological polar surface area (TPSA) is 75.9 Å². The molecular formula is C42H26N4O2. The maximum absolute atomic E-state index is 6.37. The van der Waals surface area contributed by atoms with Gasteiger partial charge in [-0.15, -0.1) is 0 Å². The Kier molecular flexibility index (Phi) is 5.84. The van der Waals surface area contributed by atoms with Crippen molar-refractivity contribution in [1.82, 2.24) is 10.3 Å². The van der Waals surface area contributed by atoms with Gasteiger partial charge in [0.25, 0.3) is 0 Å². The summed E-state index contributed by atoms with van der Waals surface area (Å²) in [5, 5.41) is 9.95. The highest BCUT2D eigenvalue weighted by molar-refractivity contribution is 6.25. The number of hydrogen-bond donors (Lipinski definition) is 1. The van der Waals surface area contributed by atoms with Gasteiger partial charge in [-0.25, -0.2) is 15.0 Å². The van der Waals surface area contributed by atoms with Crippen LogP contribution in [-0.2, 0) is 0 Å². The number of pyridine rings is 1. The van der Waals surface area contributed by atoms with Crippen LogP contribution in [0.15, 0.2) is 165 Å². The molecule has 1 atom stereocenters. The summed E-state index contributed by atoms with van der Waals surface area (Å²) in [6.45, 7) is 0. The van der Waals surface area contributed by atoms with Crippen LogP contribution in [0, 0.1) is 0 Å². The lowest BCUT2D eigenvalue weighted by molar-refractivity contribution is 0.654. The second-order valence-electron chi connectivity index (χ2n) is 12.1. The molecule has 9 aromatic rings. The van der Waals surface area contributed by atoms with Crippen molar-refractivity contribution < 1.29 is 8.83 Å². The molecule has 6 aromatic carbocycles. The van der Waals surface area contributed by atoms with Crippen LogP contribution in [0.1, 0.15) is 22.9 Å². The van der Waals surface area contributed by atoms with E-state index in [0.717, 1.165) is 77.3 Å². The van der Waals surface area contributed by atoms with Crippen molar-refractivity contribution in [3.63, 3.8) is 0 Å². The largest absolute Gasteiger partial charge is 0.456 e. The number of furan rings is 2. The normalized spacial score (nSPS) is 14.9. The van der Waals surface area contributed by atoms with Crippen molar-refractivity contribution in [1.29, 1.82) is 0 Å². The number of nitrogens with zero attached hydrogens (tertiary/aromatic N) is 3. The van der Waals surface area contributed by atoms with E-state index in [4.69, 9.17) is 18.8 Å². The summed E-state index contributed by atoms with van der Waals surface area (Å²) < 4.78 is 12.7. The Bertz CT molecular complexity index is 2770. The maximum atomic E-state index is 6.37. The van der Waals surface area contributed by atoms with Gasteiger partial charge in [0, 0.05) is 38.9 Å². The van der Waals surface area contributed by atoms with Gasteiger partial charge in [-0.3, -0.25) is 0 Å². The van der Waals surface area contributed by atoms with Crippen LogP contribution < -0.4 is 5.32 Å². The summed E-state index contributed by atoms with van der Waals surface area (Å²) in [6.07, 6.45) is 1.35. The van der Waals surface area contributed by atoms with Gasteiger partial charge in [0.15, 0.2) is 5.84 Å². The molecule has 0 spiro atoms. The molecule has 1 unspecified atom stereocenters. The quantitative estimate of drug-likeness (QED) is 0.213. The van der Waals surface area contributed by atoms with E-state index in [1.54, 1.807) is 6.20 Å². The highest BCUT2D eigenvalue weighted by atomic mass is 16.3. The lowest BCUT2D eigenvalue weighted by Gasteiger charge is -2.24. The molecule has 10 rings (SSSR count). The Hall–Kier alpha value is -6.53. The Morgan fingerprint density at radius 1 is 0.542 bits per heavy atom. The van der Waals surface area contributed by atoms with Crippen molar-refractivity contribution >= 4 is 66.5 Å². The smallest absolute Gasteiger partial charge is 0.227 e. The lowest BCUT2D eigenvalue weighted by Crippen LogP contribution is -2.33. The highest BCUT2D eigenvalue weighted by Crippen LogP contribution is 2.38. The zero-order valence-corrected chi connectivity index (χ0v) is 25.6. The molecule has 1 aliphatic rings. The molecule has 0 radical (unpaired) electrons. The number of aromatic nitrogens is 1. The molecule has 1 aliphatic heterocycles. The van der Waals surface area contributed by atoms with Gasteiger partial charge >= 0.3 is 0 Å². The fraction of sp³-hybridized carbons (Fsp3) is 0.0238. The van der Waals surface area contributed by atoms with E-state index in [9.17, 15) is 0 Å². The van der Waals surface area contributed by atoms with E-state index >= 15 is 0 Å². The van der Waals surface area contributed by atoms with E-state index in [1.165, 1.54) is 5.39 Å². The van der Waals surface area contributed by atoms with Gasteiger partial charge in [0.2, 0.25) is 5.71 Å². The van der Waals surface area contributed by atoms with Crippen molar-refractivity contribution in [3.8, 4) is 11.1 Å². The van der Waals surface area contributed by atoms with Crippen LogP contribution in [0.5, 0.6) is 0 Å². The first kappa shape index (κ1) is 26.7. The van der Waals surface area contributed by atoms with Crippen LogP contribution in [0.25, 0.3) is 65.9 Å². The number of rotatable bonds is 4. The summed E-state index contributed by atoms with van der Waals surface area (Å²) in [5.41, 5.74) is 7.93. The highest BCUT2D eigenvalue weighted by Gasteiger charge is 2.26. The molecule has 226 valence electrons. The van der Waals surface area contributed by atoms with Crippen molar-refractivity contribution in [3.05, 3.63) is 162 Å². The van der Waals surface area contributed by atoms with Crippen LogP contribution in [0.3, 0.4) is 0 Å². The summed E-state index contributed by atoms with van der Waals surface area (Å²) in [4.78, 5) is 15.2. The zero-order chi connectivity index (χ0) is 31.6. The molecule has 0 bridgehead atoms. The number of benzene rings is 6. The predicted molar refractivity (Wildman–Crippen MR) is 194 cm³/mol. The van der Waals surface area contributed by atoms with E-state index in [0.29, 0.717) is 11.5 Å². The van der Waals surface area contributed by atoms with Crippen molar-refractivity contribution in [2.75, 3.05) is 0 Å². The Morgan fingerprint density at radius 3 is 2.27 bits per heavy atom. The maximum Gasteiger partial charge on any atom is 0.227 e. The minimum absolute atomic E-state index is 0.405. The van der Waals surface area contributed by atoms with E-state index < -0.39 is 6.17 Å². The van der Waals surface area contributed by atoms with E-state index in [2.05, 4.69) is 89.2 Å². The molecule has 0 fully saturated rings. The van der Waals surface area contributed by atoms with Gasteiger partial charge in [-0.1, -0.05) is 97.1 Å². The molecule has 1 N–H and O–H groups in total. The Balaban J connectivity index is 1.25.